The van der Waals surface area contributed by atoms with Crippen LogP contribution in [-0.4, -0.2) is 23.3 Å². The molecule has 1 aromatic rings. The van der Waals surface area contributed by atoms with Crippen LogP contribution in [0.4, 0.5) is 5.69 Å². The summed E-state index contributed by atoms with van der Waals surface area (Å²) in [6, 6.07) is 5.37. The van der Waals surface area contributed by atoms with Gasteiger partial charge in [-0.15, -0.1) is 0 Å². The fraction of sp³-hybridized carbons (Fsp3) is 0.579. The van der Waals surface area contributed by atoms with Crippen LogP contribution >= 0.6 is 0 Å². The summed E-state index contributed by atoms with van der Waals surface area (Å²) in [5, 5.41) is 10.6. The molecule has 4 aliphatic carbocycles. The number of carbonyl (C=O) groups is 2. The van der Waals surface area contributed by atoms with Gasteiger partial charge < -0.3 is 4.74 Å². The number of hydrogen-bond donors (Lipinski definition) is 0. The van der Waals surface area contributed by atoms with E-state index in [0.29, 0.717) is 17.4 Å². The largest absolute Gasteiger partial charge is 0.457 e. The number of ketones is 1. The van der Waals surface area contributed by atoms with Crippen molar-refractivity contribution >= 4 is 17.4 Å². The number of non-ortho nitro benzene ring substituents is 1. The lowest BCUT2D eigenvalue weighted by atomic mass is 9.52. The maximum absolute atomic E-state index is 12.5. The Kier molecular flexibility index (Phi) is 4.06. The Hall–Kier alpha value is -2.24. The molecule has 1 aromatic carbocycles. The Labute approximate surface area is 145 Å². The number of nitrogens with zero attached hydrogens (tertiary/aromatic N) is 1. The Bertz CT molecular complexity index is 683. The number of Topliss-reactive ketones (excluding diaryl/α,β-unsaturated/α-hetero) is 1. The molecule has 0 radical (unpaired) electrons. The van der Waals surface area contributed by atoms with Gasteiger partial charge in [0.05, 0.1) is 10.8 Å². The first-order chi connectivity index (χ1) is 12.0. The third kappa shape index (κ3) is 3.05. The standard InChI is InChI=1S/C19H21NO5/c21-17(13-1-3-16(4-2-13)20(23)24)10-25-19(22)18-14-6-11-5-12(8-14)9-15(18)7-11/h1-4,11-12,14-15,18H,5-10H2. The highest BCUT2D eigenvalue weighted by Crippen LogP contribution is 2.56. The number of esters is 1. The van der Waals surface area contributed by atoms with Crippen molar-refractivity contribution in [2.45, 2.75) is 32.1 Å². The van der Waals surface area contributed by atoms with Crippen LogP contribution in [0.25, 0.3) is 0 Å². The molecule has 5 rings (SSSR count). The van der Waals surface area contributed by atoms with Gasteiger partial charge in [0.2, 0.25) is 0 Å². The van der Waals surface area contributed by atoms with Gasteiger partial charge in [0.15, 0.2) is 12.4 Å². The first-order valence-corrected chi connectivity index (χ1v) is 8.95. The molecule has 0 heterocycles. The lowest BCUT2D eigenvalue weighted by Crippen LogP contribution is -2.48. The molecule has 0 atom stereocenters. The zero-order valence-corrected chi connectivity index (χ0v) is 13.9. The van der Waals surface area contributed by atoms with E-state index in [0.717, 1.165) is 37.5 Å². The molecule has 4 aliphatic rings. The molecule has 0 aliphatic heterocycles. The second kappa shape index (κ2) is 6.24. The maximum atomic E-state index is 12.5. The van der Waals surface area contributed by atoms with E-state index in [1.165, 1.54) is 30.7 Å². The number of nitro benzene ring substituents is 1. The summed E-state index contributed by atoms with van der Waals surface area (Å²) in [6.45, 7) is -0.292. The molecular formula is C19H21NO5. The Morgan fingerprint density at radius 1 is 1.00 bits per heavy atom. The zero-order valence-electron chi connectivity index (χ0n) is 13.9. The van der Waals surface area contributed by atoms with Gasteiger partial charge in [-0.2, -0.15) is 0 Å². The lowest BCUT2D eigenvalue weighted by Gasteiger charge is -2.53. The highest BCUT2D eigenvalue weighted by molar-refractivity contribution is 5.98. The van der Waals surface area contributed by atoms with Gasteiger partial charge >= 0.3 is 5.97 Å². The number of carbonyl (C=O) groups excluding carboxylic acids is 2. The van der Waals surface area contributed by atoms with Crippen molar-refractivity contribution in [3.63, 3.8) is 0 Å². The van der Waals surface area contributed by atoms with Crippen molar-refractivity contribution in [2.24, 2.45) is 29.6 Å². The predicted molar refractivity (Wildman–Crippen MR) is 88.9 cm³/mol. The van der Waals surface area contributed by atoms with Gasteiger partial charge in [-0.3, -0.25) is 19.7 Å². The molecule has 4 bridgehead atoms. The summed E-state index contributed by atoms with van der Waals surface area (Å²) >= 11 is 0. The van der Waals surface area contributed by atoms with Gasteiger partial charge in [0, 0.05) is 17.7 Å². The predicted octanol–water partition coefficient (Wildman–Crippen LogP) is 3.39. The number of ether oxygens (including phenoxy) is 1. The first kappa shape index (κ1) is 16.2. The molecule has 4 fully saturated rings. The van der Waals surface area contributed by atoms with Crippen molar-refractivity contribution in [1.29, 1.82) is 0 Å². The van der Waals surface area contributed by atoms with Crippen LogP contribution in [0.2, 0.25) is 0 Å². The van der Waals surface area contributed by atoms with Gasteiger partial charge in [-0.05, 0) is 67.9 Å². The fourth-order valence-electron chi connectivity index (χ4n) is 5.40. The van der Waals surface area contributed by atoms with Crippen LogP contribution in [0.15, 0.2) is 24.3 Å². The topological polar surface area (TPSA) is 86.5 Å². The summed E-state index contributed by atoms with van der Waals surface area (Å²) in [7, 11) is 0. The molecule has 6 heteroatoms. The summed E-state index contributed by atoms with van der Waals surface area (Å²) in [5.41, 5.74) is 0.255. The van der Waals surface area contributed by atoms with Crippen LogP contribution in [0, 0.1) is 39.7 Å². The normalized spacial score (nSPS) is 32.4. The summed E-state index contributed by atoms with van der Waals surface area (Å²) in [6.07, 6.45) is 5.84. The molecule has 0 spiro atoms. The average molecular weight is 343 g/mol. The molecule has 6 nitrogen and oxygen atoms in total. The summed E-state index contributed by atoms with van der Waals surface area (Å²) < 4.78 is 5.34. The van der Waals surface area contributed by atoms with Gasteiger partial charge in [-0.1, -0.05) is 0 Å². The van der Waals surface area contributed by atoms with E-state index < -0.39 is 4.92 Å². The van der Waals surface area contributed by atoms with Crippen molar-refractivity contribution < 1.29 is 19.2 Å². The molecule has 0 aromatic heterocycles. The summed E-state index contributed by atoms with van der Waals surface area (Å²) in [5.74, 6) is 1.83. The van der Waals surface area contributed by atoms with Crippen molar-refractivity contribution in [3.8, 4) is 0 Å². The van der Waals surface area contributed by atoms with E-state index >= 15 is 0 Å². The third-order valence-corrected chi connectivity index (χ3v) is 6.24. The van der Waals surface area contributed by atoms with E-state index in [4.69, 9.17) is 4.74 Å². The summed E-state index contributed by atoms with van der Waals surface area (Å²) in [4.78, 5) is 34.9. The van der Waals surface area contributed by atoms with Crippen LogP contribution in [0.5, 0.6) is 0 Å². The monoisotopic (exact) mass is 343 g/mol. The number of nitro groups is 1. The zero-order chi connectivity index (χ0) is 17.6. The molecular weight excluding hydrogens is 322 g/mol. The van der Waals surface area contributed by atoms with Gasteiger partial charge in [0.1, 0.15) is 0 Å². The fourth-order valence-corrected chi connectivity index (χ4v) is 5.40. The smallest absolute Gasteiger partial charge is 0.309 e. The minimum atomic E-state index is -0.513. The van der Waals surface area contributed by atoms with E-state index in [2.05, 4.69) is 0 Å². The minimum absolute atomic E-state index is 0.0440. The molecule has 0 N–H and O–H groups in total. The van der Waals surface area contributed by atoms with Crippen LogP contribution in [0.3, 0.4) is 0 Å². The van der Waals surface area contributed by atoms with Crippen LogP contribution in [-0.2, 0) is 9.53 Å². The number of rotatable bonds is 5. The molecule has 0 unspecified atom stereocenters. The Morgan fingerprint density at radius 3 is 2.08 bits per heavy atom. The van der Waals surface area contributed by atoms with Crippen molar-refractivity contribution in [2.75, 3.05) is 6.61 Å². The molecule has 25 heavy (non-hydrogen) atoms. The van der Waals surface area contributed by atoms with Crippen molar-refractivity contribution in [1.82, 2.24) is 0 Å². The average Bonchev–Trinajstić information content (AvgIpc) is 2.58. The van der Waals surface area contributed by atoms with E-state index in [9.17, 15) is 19.7 Å². The first-order valence-electron chi connectivity index (χ1n) is 8.95. The van der Waals surface area contributed by atoms with Gasteiger partial charge in [0.25, 0.3) is 5.69 Å². The molecule has 0 amide bonds. The maximum Gasteiger partial charge on any atom is 0.309 e. The highest BCUT2D eigenvalue weighted by atomic mass is 16.6. The highest BCUT2D eigenvalue weighted by Gasteiger charge is 2.51. The van der Waals surface area contributed by atoms with Gasteiger partial charge in [-0.25, -0.2) is 0 Å². The Morgan fingerprint density at radius 2 is 1.56 bits per heavy atom. The van der Waals surface area contributed by atoms with E-state index in [-0.39, 0.29) is 30.0 Å². The molecule has 132 valence electrons. The van der Waals surface area contributed by atoms with E-state index in [1.54, 1.807) is 0 Å². The third-order valence-electron chi connectivity index (χ3n) is 6.24. The quantitative estimate of drug-likeness (QED) is 0.354. The second-order valence-corrected chi connectivity index (χ2v) is 7.79. The number of benzene rings is 1. The Balaban J connectivity index is 1.35. The molecule has 4 saturated carbocycles. The lowest BCUT2D eigenvalue weighted by molar-refractivity contribution is -0.384. The second-order valence-electron chi connectivity index (χ2n) is 7.79. The van der Waals surface area contributed by atoms with E-state index in [1.807, 2.05) is 0 Å². The van der Waals surface area contributed by atoms with Crippen LogP contribution < -0.4 is 0 Å². The number of hydrogen-bond acceptors (Lipinski definition) is 5. The minimum Gasteiger partial charge on any atom is -0.457 e. The van der Waals surface area contributed by atoms with Crippen molar-refractivity contribution in [3.05, 3.63) is 39.9 Å². The SMILES string of the molecule is O=C(COC(=O)C1C2CC3CC(C2)CC1C3)c1ccc([N+](=O)[O-])cc1. The van der Waals surface area contributed by atoms with Crippen LogP contribution in [0.1, 0.15) is 42.5 Å². The molecule has 0 saturated heterocycles.